The maximum absolute atomic E-state index is 12.9. The van der Waals surface area contributed by atoms with E-state index in [-0.39, 0.29) is 18.2 Å². The summed E-state index contributed by atoms with van der Waals surface area (Å²) < 4.78 is 0. The molecule has 2 aliphatic rings. The highest BCUT2D eigenvalue weighted by Crippen LogP contribution is 2.31. The van der Waals surface area contributed by atoms with E-state index in [1.807, 2.05) is 37.3 Å². The van der Waals surface area contributed by atoms with Gasteiger partial charge in [-0.2, -0.15) is 5.01 Å². The molecule has 0 aromatic heterocycles. The van der Waals surface area contributed by atoms with E-state index in [0.717, 1.165) is 17.9 Å². The van der Waals surface area contributed by atoms with Gasteiger partial charge in [-0.05, 0) is 30.7 Å². The molecule has 0 saturated carbocycles. The van der Waals surface area contributed by atoms with Gasteiger partial charge in [0.1, 0.15) is 5.54 Å². The Morgan fingerprint density at radius 2 is 2.08 bits per heavy atom. The van der Waals surface area contributed by atoms with Crippen LogP contribution in [0.1, 0.15) is 38.2 Å². The number of hydrogen-bond donors (Lipinski definition) is 2. The van der Waals surface area contributed by atoms with Crippen molar-refractivity contribution in [3.05, 3.63) is 48.0 Å². The first-order valence-electron chi connectivity index (χ1n) is 8.25. The van der Waals surface area contributed by atoms with Crippen LogP contribution in [0.2, 0.25) is 0 Å². The van der Waals surface area contributed by atoms with Crippen molar-refractivity contribution in [3.63, 3.8) is 0 Å². The topological polar surface area (TPSA) is 78.5 Å². The Labute approximate surface area is 140 Å². The fourth-order valence-corrected chi connectivity index (χ4v) is 3.31. The molecule has 126 valence electrons. The van der Waals surface area contributed by atoms with Gasteiger partial charge in [-0.1, -0.05) is 49.4 Å². The number of hydrazine groups is 1. The Bertz CT molecular complexity index is 686. The van der Waals surface area contributed by atoms with Crippen LogP contribution in [-0.2, 0) is 15.1 Å². The average Bonchev–Trinajstić information content (AvgIpc) is 3.18. The van der Waals surface area contributed by atoms with Crippen molar-refractivity contribution in [2.24, 2.45) is 5.92 Å². The van der Waals surface area contributed by atoms with Gasteiger partial charge in [0.25, 0.3) is 5.91 Å². The fourth-order valence-electron chi connectivity index (χ4n) is 3.31. The Hall–Kier alpha value is -2.63. The third kappa shape index (κ3) is 2.79. The summed E-state index contributed by atoms with van der Waals surface area (Å²) in [7, 11) is 0. The maximum atomic E-state index is 12.9. The molecule has 0 bridgehead atoms. The van der Waals surface area contributed by atoms with Gasteiger partial charge < -0.3 is 5.32 Å². The van der Waals surface area contributed by atoms with Crippen LogP contribution in [-0.4, -0.2) is 22.9 Å². The van der Waals surface area contributed by atoms with Gasteiger partial charge in [0.2, 0.25) is 5.91 Å². The van der Waals surface area contributed by atoms with E-state index in [2.05, 4.69) is 10.7 Å². The van der Waals surface area contributed by atoms with E-state index >= 15 is 0 Å². The highest BCUT2D eigenvalue weighted by Gasteiger charge is 2.52. The summed E-state index contributed by atoms with van der Waals surface area (Å²) in [4.78, 5) is 37.3. The van der Waals surface area contributed by atoms with Gasteiger partial charge >= 0.3 is 6.03 Å². The van der Waals surface area contributed by atoms with E-state index in [1.54, 1.807) is 12.1 Å². The summed E-state index contributed by atoms with van der Waals surface area (Å²) in [5.74, 6) is -0.595. The molecule has 1 aliphatic carbocycles. The molecule has 4 amide bonds. The molecule has 0 unspecified atom stereocenters. The van der Waals surface area contributed by atoms with E-state index in [0.29, 0.717) is 12.0 Å². The highest BCUT2D eigenvalue weighted by atomic mass is 16.2. The molecule has 2 atom stereocenters. The Morgan fingerprint density at radius 1 is 1.33 bits per heavy atom. The lowest BCUT2D eigenvalue weighted by atomic mass is 9.87. The van der Waals surface area contributed by atoms with Gasteiger partial charge in [0.05, 0.1) is 0 Å². The van der Waals surface area contributed by atoms with Crippen LogP contribution in [0, 0.1) is 5.92 Å². The molecular weight excluding hydrogens is 306 g/mol. The number of allylic oxidation sites excluding steroid dienone is 2. The number of nitrogens with zero attached hydrogens (tertiary/aromatic N) is 1. The molecule has 1 aliphatic heterocycles. The minimum atomic E-state index is -1.13. The van der Waals surface area contributed by atoms with E-state index in [1.165, 1.54) is 0 Å². The molecule has 0 spiro atoms. The summed E-state index contributed by atoms with van der Waals surface area (Å²) >= 11 is 0. The quantitative estimate of drug-likeness (QED) is 0.643. The number of carbonyl (C=O) groups excluding carboxylic acids is 3. The number of hydrogen-bond acceptors (Lipinski definition) is 3. The second kappa shape index (κ2) is 6.47. The van der Waals surface area contributed by atoms with Crippen molar-refractivity contribution >= 4 is 17.8 Å². The van der Waals surface area contributed by atoms with Gasteiger partial charge in [-0.15, -0.1) is 0 Å². The average molecular weight is 327 g/mol. The Kier molecular flexibility index (Phi) is 4.38. The smallest absolute Gasteiger partial charge is 0.318 e. The lowest BCUT2D eigenvalue weighted by Crippen LogP contribution is -2.48. The predicted octanol–water partition coefficient (Wildman–Crippen LogP) is 2.23. The van der Waals surface area contributed by atoms with Crippen LogP contribution in [0.3, 0.4) is 0 Å². The molecular formula is C18H21N3O3. The van der Waals surface area contributed by atoms with Crippen LogP contribution >= 0.6 is 0 Å². The minimum Gasteiger partial charge on any atom is -0.318 e. The summed E-state index contributed by atoms with van der Waals surface area (Å²) in [5.41, 5.74) is 2.05. The molecule has 1 fully saturated rings. The highest BCUT2D eigenvalue weighted by molar-refractivity contribution is 6.08. The first kappa shape index (κ1) is 16.2. The summed E-state index contributed by atoms with van der Waals surface area (Å²) in [6.07, 6.45) is 6.62. The number of amides is 4. The number of nitrogens with one attached hydrogen (secondary N) is 2. The van der Waals surface area contributed by atoms with Crippen LogP contribution in [0.15, 0.2) is 42.5 Å². The van der Waals surface area contributed by atoms with Crippen LogP contribution in [0.5, 0.6) is 0 Å². The van der Waals surface area contributed by atoms with Gasteiger partial charge in [-0.25, -0.2) is 4.79 Å². The number of benzene rings is 1. The molecule has 1 aromatic carbocycles. The van der Waals surface area contributed by atoms with Crippen molar-refractivity contribution in [2.45, 2.75) is 38.1 Å². The zero-order chi connectivity index (χ0) is 17.2. The molecule has 1 aromatic rings. The SMILES string of the molecule is CC[C@@]1(c2ccccc2)NC(=O)N(NC(=O)C[C@@H]2C=CCC2)C1=O. The van der Waals surface area contributed by atoms with Crippen molar-refractivity contribution in [1.82, 2.24) is 15.8 Å². The monoisotopic (exact) mass is 327 g/mol. The summed E-state index contributed by atoms with van der Waals surface area (Å²) in [6, 6.07) is 8.50. The van der Waals surface area contributed by atoms with Gasteiger partial charge in [0.15, 0.2) is 0 Å². The molecule has 24 heavy (non-hydrogen) atoms. The van der Waals surface area contributed by atoms with E-state index < -0.39 is 17.5 Å². The zero-order valence-electron chi connectivity index (χ0n) is 13.6. The normalized spacial score (nSPS) is 25.9. The summed E-state index contributed by atoms with van der Waals surface area (Å²) in [5, 5.41) is 3.56. The number of carbonyl (C=O) groups is 3. The first-order chi connectivity index (χ1) is 11.6. The zero-order valence-corrected chi connectivity index (χ0v) is 13.6. The lowest BCUT2D eigenvalue weighted by Gasteiger charge is -2.25. The Balaban J connectivity index is 1.75. The largest absolute Gasteiger partial charge is 0.344 e. The number of urea groups is 1. The van der Waals surface area contributed by atoms with Crippen LogP contribution < -0.4 is 10.7 Å². The van der Waals surface area contributed by atoms with E-state index in [9.17, 15) is 14.4 Å². The maximum Gasteiger partial charge on any atom is 0.344 e. The molecule has 0 radical (unpaired) electrons. The molecule has 1 heterocycles. The summed E-state index contributed by atoms with van der Waals surface area (Å²) in [6.45, 7) is 1.83. The predicted molar refractivity (Wildman–Crippen MR) is 88.4 cm³/mol. The molecule has 6 heteroatoms. The van der Waals surface area contributed by atoms with Gasteiger partial charge in [0, 0.05) is 6.42 Å². The lowest BCUT2D eigenvalue weighted by molar-refractivity contribution is -0.139. The van der Waals surface area contributed by atoms with Crippen LogP contribution in [0.25, 0.3) is 0 Å². The number of imide groups is 1. The van der Waals surface area contributed by atoms with Gasteiger partial charge in [-0.3, -0.25) is 15.0 Å². The third-order valence-corrected chi connectivity index (χ3v) is 4.68. The van der Waals surface area contributed by atoms with Crippen molar-refractivity contribution < 1.29 is 14.4 Å². The second-order valence-corrected chi connectivity index (χ2v) is 6.20. The number of rotatable bonds is 5. The Morgan fingerprint density at radius 3 is 2.71 bits per heavy atom. The van der Waals surface area contributed by atoms with E-state index in [4.69, 9.17) is 0 Å². The third-order valence-electron chi connectivity index (χ3n) is 4.68. The molecule has 2 N–H and O–H groups in total. The van der Waals surface area contributed by atoms with Crippen molar-refractivity contribution in [2.75, 3.05) is 0 Å². The minimum absolute atomic E-state index is 0.177. The fraction of sp³-hybridized carbons (Fsp3) is 0.389. The van der Waals surface area contributed by atoms with Crippen molar-refractivity contribution in [3.8, 4) is 0 Å². The first-order valence-corrected chi connectivity index (χ1v) is 8.25. The molecule has 1 saturated heterocycles. The van der Waals surface area contributed by atoms with Crippen molar-refractivity contribution in [1.29, 1.82) is 0 Å². The standard InChI is InChI=1S/C18H21N3O3/c1-2-18(14-10-4-3-5-11-14)16(23)21(17(24)19-18)20-15(22)12-13-8-6-7-9-13/h3-6,8,10-11,13H,2,7,9,12H2,1H3,(H,19,24)(H,20,22)/t13-,18+/m1/s1. The van der Waals surface area contributed by atoms with Crippen LogP contribution in [0.4, 0.5) is 4.79 Å². The molecule has 3 rings (SSSR count). The molecule has 6 nitrogen and oxygen atoms in total. The second-order valence-electron chi connectivity index (χ2n) is 6.20.